The first kappa shape index (κ1) is 11.0. The van der Waals surface area contributed by atoms with E-state index in [1.165, 1.54) is 0 Å². The molecule has 1 aliphatic heterocycles. The van der Waals surface area contributed by atoms with Crippen molar-refractivity contribution in [1.82, 2.24) is 0 Å². The lowest BCUT2D eigenvalue weighted by Gasteiger charge is -2.37. The zero-order chi connectivity index (χ0) is 11.5. The Morgan fingerprint density at radius 3 is 2.50 bits per heavy atom. The molecule has 16 heavy (non-hydrogen) atoms. The van der Waals surface area contributed by atoms with Crippen LogP contribution in [0.5, 0.6) is 0 Å². The molecule has 0 N–H and O–H groups in total. The van der Waals surface area contributed by atoms with Gasteiger partial charge in [-0.05, 0) is 26.0 Å². The molecule has 1 aliphatic rings. The van der Waals surface area contributed by atoms with Crippen LogP contribution in [0.2, 0.25) is 0 Å². The predicted octanol–water partition coefficient (Wildman–Crippen LogP) is 2.17. The standard InChI is InChI=1S/C13H16N2O/c1-10-8-15(9-11(2)16-10)13-6-4-3-5-12(13)7-14/h3-6,10-11H,8-9H2,1-2H3/t10-,11+. The molecule has 1 fully saturated rings. The van der Waals surface area contributed by atoms with Gasteiger partial charge >= 0.3 is 0 Å². The van der Waals surface area contributed by atoms with E-state index in [-0.39, 0.29) is 12.2 Å². The Morgan fingerprint density at radius 2 is 1.88 bits per heavy atom. The third kappa shape index (κ3) is 2.17. The maximum absolute atomic E-state index is 9.07. The summed E-state index contributed by atoms with van der Waals surface area (Å²) in [4.78, 5) is 2.23. The van der Waals surface area contributed by atoms with Crippen LogP contribution in [0, 0.1) is 11.3 Å². The van der Waals surface area contributed by atoms with Gasteiger partial charge in [0, 0.05) is 13.1 Å². The lowest BCUT2D eigenvalue weighted by molar-refractivity contribution is -0.00522. The highest BCUT2D eigenvalue weighted by atomic mass is 16.5. The number of nitriles is 1. The molecular weight excluding hydrogens is 200 g/mol. The fourth-order valence-electron chi connectivity index (χ4n) is 2.22. The van der Waals surface area contributed by atoms with Gasteiger partial charge < -0.3 is 9.64 Å². The van der Waals surface area contributed by atoms with Gasteiger partial charge in [-0.1, -0.05) is 12.1 Å². The number of benzene rings is 1. The minimum absolute atomic E-state index is 0.218. The van der Waals surface area contributed by atoms with Gasteiger partial charge in [0.25, 0.3) is 0 Å². The molecule has 0 unspecified atom stereocenters. The van der Waals surface area contributed by atoms with Crippen LogP contribution in [0.25, 0.3) is 0 Å². The van der Waals surface area contributed by atoms with E-state index in [1.807, 2.05) is 24.3 Å². The van der Waals surface area contributed by atoms with Gasteiger partial charge in [0.1, 0.15) is 6.07 Å². The molecule has 0 aromatic heterocycles. The smallest absolute Gasteiger partial charge is 0.101 e. The predicted molar refractivity (Wildman–Crippen MR) is 63.4 cm³/mol. The van der Waals surface area contributed by atoms with E-state index in [9.17, 15) is 0 Å². The summed E-state index contributed by atoms with van der Waals surface area (Å²) >= 11 is 0. The van der Waals surface area contributed by atoms with Crippen molar-refractivity contribution in [2.75, 3.05) is 18.0 Å². The molecule has 3 heteroatoms. The summed E-state index contributed by atoms with van der Waals surface area (Å²) in [6.45, 7) is 5.83. The van der Waals surface area contributed by atoms with Crippen molar-refractivity contribution >= 4 is 5.69 Å². The first-order valence-electron chi connectivity index (χ1n) is 5.60. The molecule has 1 aromatic rings. The Labute approximate surface area is 96.2 Å². The fraction of sp³-hybridized carbons (Fsp3) is 0.462. The molecule has 1 aromatic carbocycles. The number of para-hydroxylation sites is 1. The van der Waals surface area contributed by atoms with E-state index in [0.29, 0.717) is 0 Å². The molecule has 1 heterocycles. The Morgan fingerprint density at radius 1 is 1.25 bits per heavy atom. The second-order valence-corrected chi connectivity index (χ2v) is 4.29. The van der Waals surface area contributed by atoms with E-state index >= 15 is 0 Å². The minimum atomic E-state index is 0.218. The van der Waals surface area contributed by atoms with Crippen molar-refractivity contribution in [3.05, 3.63) is 29.8 Å². The second kappa shape index (κ2) is 4.54. The average molecular weight is 216 g/mol. The molecule has 0 amide bonds. The van der Waals surface area contributed by atoms with E-state index in [4.69, 9.17) is 10.00 Å². The number of morpholine rings is 1. The van der Waals surface area contributed by atoms with Crippen LogP contribution in [-0.2, 0) is 4.74 Å². The van der Waals surface area contributed by atoms with Crippen LogP contribution in [-0.4, -0.2) is 25.3 Å². The molecule has 0 radical (unpaired) electrons. The molecule has 2 atom stereocenters. The van der Waals surface area contributed by atoms with Crippen LogP contribution in [0.15, 0.2) is 24.3 Å². The lowest BCUT2D eigenvalue weighted by atomic mass is 10.1. The van der Waals surface area contributed by atoms with Crippen LogP contribution in [0.1, 0.15) is 19.4 Å². The zero-order valence-corrected chi connectivity index (χ0v) is 9.68. The number of anilines is 1. The van der Waals surface area contributed by atoms with Gasteiger partial charge in [-0.15, -0.1) is 0 Å². The van der Waals surface area contributed by atoms with E-state index in [1.54, 1.807) is 0 Å². The number of hydrogen-bond acceptors (Lipinski definition) is 3. The number of rotatable bonds is 1. The summed E-state index contributed by atoms with van der Waals surface area (Å²) < 4.78 is 5.69. The quantitative estimate of drug-likeness (QED) is 0.722. The molecule has 0 aliphatic carbocycles. The maximum Gasteiger partial charge on any atom is 0.101 e. The average Bonchev–Trinajstić information content (AvgIpc) is 2.27. The summed E-state index contributed by atoms with van der Waals surface area (Å²) in [5.41, 5.74) is 1.76. The van der Waals surface area contributed by atoms with Crippen molar-refractivity contribution in [2.45, 2.75) is 26.1 Å². The van der Waals surface area contributed by atoms with Gasteiger partial charge in [-0.3, -0.25) is 0 Å². The molecule has 84 valence electrons. The van der Waals surface area contributed by atoms with Crippen LogP contribution in [0.3, 0.4) is 0 Å². The first-order chi connectivity index (χ1) is 7.70. The summed E-state index contributed by atoms with van der Waals surface area (Å²) in [7, 11) is 0. The SMILES string of the molecule is C[C@@H]1CN(c2ccccc2C#N)C[C@H](C)O1. The highest BCUT2D eigenvalue weighted by Crippen LogP contribution is 2.23. The molecule has 0 spiro atoms. The Balaban J connectivity index is 2.26. The van der Waals surface area contributed by atoms with Crippen LogP contribution >= 0.6 is 0 Å². The van der Waals surface area contributed by atoms with Gasteiger partial charge in [0.2, 0.25) is 0 Å². The Bertz CT molecular complexity index is 401. The first-order valence-corrected chi connectivity index (χ1v) is 5.60. The van der Waals surface area contributed by atoms with Crippen LogP contribution < -0.4 is 4.90 Å². The molecule has 0 bridgehead atoms. The third-order valence-electron chi connectivity index (χ3n) is 2.78. The topological polar surface area (TPSA) is 36.3 Å². The molecule has 2 rings (SSSR count). The van der Waals surface area contributed by atoms with Crippen molar-refractivity contribution in [1.29, 1.82) is 5.26 Å². The third-order valence-corrected chi connectivity index (χ3v) is 2.78. The van der Waals surface area contributed by atoms with Gasteiger partial charge in [0.05, 0.1) is 23.5 Å². The lowest BCUT2D eigenvalue weighted by Crippen LogP contribution is -2.45. The summed E-state index contributed by atoms with van der Waals surface area (Å²) in [5.74, 6) is 0. The monoisotopic (exact) mass is 216 g/mol. The van der Waals surface area contributed by atoms with Gasteiger partial charge in [0.15, 0.2) is 0 Å². The molecule has 0 saturated carbocycles. The number of ether oxygens (including phenoxy) is 1. The van der Waals surface area contributed by atoms with E-state index in [2.05, 4.69) is 24.8 Å². The van der Waals surface area contributed by atoms with E-state index in [0.717, 1.165) is 24.3 Å². The Kier molecular flexibility index (Phi) is 3.12. The van der Waals surface area contributed by atoms with Crippen molar-refractivity contribution < 1.29 is 4.74 Å². The Hall–Kier alpha value is -1.53. The van der Waals surface area contributed by atoms with Gasteiger partial charge in [-0.2, -0.15) is 5.26 Å². The minimum Gasteiger partial charge on any atom is -0.372 e. The second-order valence-electron chi connectivity index (χ2n) is 4.29. The van der Waals surface area contributed by atoms with E-state index < -0.39 is 0 Å². The summed E-state index contributed by atoms with van der Waals surface area (Å²) in [5, 5.41) is 9.07. The summed E-state index contributed by atoms with van der Waals surface area (Å²) in [6, 6.07) is 9.98. The number of hydrogen-bond donors (Lipinski definition) is 0. The summed E-state index contributed by atoms with van der Waals surface area (Å²) in [6.07, 6.45) is 0.436. The van der Waals surface area contributed by atoms with Gasteiger partial charge in [-0.25, -0.2) is 0 Å². The molecular formula is C13H16N2O. The normalized spacial score (nSPS) is 25.2. The zero-order valence-electron chi connectivity index (χ0n) is 9.68. The van der Waals surface area contributed by atoms with Crippen LogP contribution in [0.4, 0.5) is 5.69 Å². The highest BCUT2D eigenvalue weighted by molar-refractivity contribution is 5.59. The molecule has 1 saturated heterocycles. The largest absolute Gasteiger partial charge is 0.372 e. The van der Waals surface area contributed by atoms with Crippen molar-refractivity contribution in [3.63, 3.8) is 0 Å². The van der Waals surface area contributed by atoms with Crippen molar-refractivity contribution in [3.8, 4) is 6.07 Å². The molecule has 3 nitrogen and oxygen atoms in total. The fourth-order valence-corrected chi connectivity index (χ4v) is 2.22. The highest BCUT2D eigenvalue weighted by Gasteiger charge is 2.23. The van der Waals surface area contributed by atoms with Crippen molar-refractivity contribution in [2.24, 2.45) is 0 Å². The maximum atomic E-state index is 9.07. The number of nitrogens with zero attached hydrogens (tertiary/aromatic N) is 2.